The largest absolute Gasteiger partial charge is 0.341 e. The summed E-state index contributed by atoms with van der Waals surface area (Å²) in [4.78, 5) is 5.05. The normalized spacial score (nSPS) is 17.5. The molecule has 0 bridgehead atoms. The van der Waals surface area contributed by atoms with Crippen LogP contribution in [-0.4, -0.2) is 24.5 Å². The van der Waals surface area contributed by atoms with Gasteiger partial charge < -0.3 is 16.0 Å². The molecule has 1 saturated carbocycles. The molecule has 1 aromatic carbocycles. The summed E-state index contributed by atoms with van der Waals surface area (Å²) in [6.07, 6.45) is 19.8. The van der Waals surface area contributed by atoms with E-state index in [0.29, 0.717) is 17.5 Å². The Labute approximate surface area is 302 Å². The van der Waals surface area contributed by atoms with Crippen LogP contribution in [0.2, 0.25) is 0 Å². The van der Waals surface area contributed by atoms with Gasteiger partial charge in [-0.1, -0.05) is 108 Å². The van der Waals surface area contributed by atoms with E-state index in [0.717, 1.165) is 46.5 Å². The van der Waals surface area contributed by atoms with Gasteiger partial charge >= 0.3 is 0 Å². The summed E-state index contributed by atoms with van der Waals surface area (Å²) < 4.78 is 0. The summed E-state index contributed by atoms with van der Waals surface area (Å²) in [5.41, 5.74) is 13.2. The molecule has 4 heteroatoms. The van der Waals surface area contributed by atoms with Gasteiger partial charge in [-0.25, -0.2) is 4.99 Å². The Bertz CT molecular complexity index is 1420. The lowest BCUT2D eigenvalue weighted by atomic mass is 9.84. The van der Waals surface area contributed by atoms with Crippen LogP contribution in [0.4, 0.5) is 5.69 Å². The molecule has 1 heterocycles. The van der Waals surface area contributed by atoms with Gasteiger partial charge in [-0.05, 0) is 150 Å². The Morgan fingerprint density at radius 3 is 2.06 bits per heavy atom. The third-order valence-electron chi connectivity index (χ3n) is 9.26. The van der Waals surface area contributed by atoms with Crippen LogP contribution in [0.5, 0.6) is 0 Å². The molecular formula is C45H70N4. The summed E-state index contributed by atoms with van der Waals surface area (Å²) in [6.45, 7) is 33.5. The predicted octanol–water partition coefficient (Wildman–Crippen LogP) is 13.3. The molecule has 0 radical (unpaired) electrons. The van der Waals surface area contributed by atoms with Crippen LogP contribution in [0.25, 0.3) is 5.57 Å². The van der Waals surface area contributed by atoms with Crippen molar-refractivity contribution in [1.82, 2.24) is 5.32 Å². The number of hydrogen-bond donors (Lipinski definition) is 3. The number of aliphatic imine (C=N–C) groups is 1. The second kappa shape index (κ2) is 23.8. The predicted molar refractivity (Wildman–Crippen MR) is 222 cm³/mol. The Kier molecular flexibility index (Phi) is 21.1. The molecule has 1 aromatic rings. The summed E-state index contributed by atoms with van der Waals surface area (Å²) in [5.74, 6) is 1.34. The van der Waals surface area contributed by atoms with Crippen LogP contribution < -0.4 is 10.6 Å². The minimum Gasteiger partial charge on any atom is -0.341 e. The van der Waals surface area contributed by atoms with Gasteiger partial charge in [-0.15, -0.1) is 0 Å². The smallest absolute Gasteiger partial charge is 0.123 e. The SMILES string of the molecule is C1CCNCC1.C=C(\N=C(CC1CCCC1)/C(=C\C)/C=C(\C)C(=C)C)Nc1ccc(/C(=C/C)C2=C(C)C(=N)C=C(C)C2)cc1C.CC.CC. The van der Waals surface area contributed by atoms with Gasteiger partial charge in [0, 0.05) is 11.4 Å². The molecule has 0 amide bonds. The van der Waals surface area contributed by atoms with E-state index in [9.17, 15) is 0 Å². The van der Waals surface area contributed by atoms with Crippen molar-refractivity contribution in [2.45, 2.75) is 134 Å². The van der Waals surface area contributed by atoms with Gasteiger partial charge in [0.25, 0.3) is 0 Å². The van der Waals surface area contributed by atoms with Crippen LogP contribution in [0.1, 0.15) is 138 Å². The quantitative estimate of drug-likeness (QED) is 0.172. The summed E-state index contributed by atoms with van der Waals surface area (Å²) in [7, 11) is 0. The van der Waals surface area contributed by atoms with Crippen LogP contribution >= 0.6 is 0 Å². The van der Waals surface area contributed by atoms with E-state index in [1.54, 1.807) is 0 Å². The molecule has 4 rings (SSSR count). The lowest BCUT2D eigenvalue weighted by Gasteiger charge is -2.21. The molecule has 0 aromatic heterocycles. The highest BCUT2D eigenvalue weighted by molar-refractivity contribution is 6.10. The highest BCUT2D eigenvalue weighted by Crippen LogP contribution is 2.35. The molecule has 4 nitrogen and oxygen atoms in total. The fourth-order valence-electron chi connectivity index (χ4n) is 6.32. The minimum atomic E-state index is 0.611. The van der Waals surface area contributed by atoms with E-state index >= 15 is 0 Å². The number of nitrogens with one attached hydrogen (secondary N) is 3. The van der Waals surface area contributed by atoms with Crippen molar-refractivity contribution in [2.75, 3.05) is 18.4 Å². The Morgan fingerprint density at radius 1 is 0.939 bits per heavy atom. The van der Waals surface area contributed by atoms with Crippen molar-refractivity contribution in [3.63, 3.8) is 0 Å². The average molecular weight is 667 g/mol. The number of allylic oxidation sites excluding steroid dienone is 11. The Balaban J connectivity index is 0.00000105. The standard InChI is InChI=1S/C36H47N3.C5H11N.2C2H6/c1-10-30(20-25(6)23(3)4)36(22-29-14-12-13-15-29)39-28(9)38-35-17-16-31(21-26(35)7)32(11-2)33-18-24(5)19-34(37)27(33)8;1-2-4-6-5-3-1;2*1-2/h10-11,16-17,19-21,29,37-38H,3,9,12-15,18,22H2,1-2,4-8H3;6H,1-5H2;2*1-2H3/b25-20+,30-10-,32-11-,37-34?,39-36-;;;. The molecule has 2 fully saturated rings. The maximum absolute atomic E-state index is 8.36. The molecule has 1 saturated heterocycles. The van der Waals surface area contributed by atoms with Gasteiger partial charge in [-0.2, -0.15) is 0 Å². The number of benzene rings is 1. The monoisotopic (exact) mass is 667 g/mol. The second-order valence-corrected chi connectivity index (χ2v) is 13.1. The van der Waals surface area contributed by atoms with Crippen LogP contribution in [-0.2, 0) is 0 Å². The maximum atomic E-state index is 8.36. The fraction of sp³-hybridized carbons (Fsp3) is 0.511. The van der Waals surface area contributed by atoms with Gasteiger partial charge in [0.05, 0.1) is 5.71 Å². The van der Waals surface area contributed by atoms with E-state index in [-0.39, 0.29) is 0 Å². The first-order chi connectivity index (χ1) is 23.5. The van der Waals surface area contributed by atoms with Crippen LogP contribution in [0.15, 0.2) is 99.9 Å². The van der Waals surface area contributed by atoms with E-state index in [1.165, 1.54) is 85.9 Å². The molecule has 2 aliphatic carbocycles. The van der Waals surface area contributed by atoms with E-state index in [2.05, 4.69) is 102 Å². The van der Waals surface area contributed by atoms with Crippen molar-refractivity contribution >= 4 is 22.7 Å². The second-order valence-electron chi connectivity index (χ2n) is 13.1. The first-order valence-corrected chi connectivity index (χ1v) is 19.0. The molecular weight excluding hydrogens is 597 g/mol. The number of anilines is 1. The lowest BCUT2D eigenvalue weighted by molar-refractivity contribution is 0.520. The van der Waals surface area contributed by atoms with Crippen LogP contribution in [0, 0.1) is 18.3 Å². The summed E-state index contributed by atoms with van der Waals surface area (Å²) in [5, 5.41) is 15.1. The topological polar surface area (TPSA) is 60.3 Å². The van der Waals surface area contributed by atoms with Crippen molar-refractivity contribution in [3.05, 3.63) is 106 Å². The van der Waals surface area contributed by atoms with E-state index in [4.69, 9.17) is 10.4 Å². The number of piperidine rings is 1. The molecule has 0 spiro atoms. The van der Waals surface area contributed by atoms with Gasteiger partial charge in [0.1, 0.15) is 5.82 Å². The number of aryl methyl sites for hydroxylation is 1. The molecule has 1 aliphatic heterocycles. The highest BCUT2D eigenvalue weighted by atomic mass is 15.0. The molecule has 49 heavy (non-hydrogen) atoms. The zero-order valence-corrected chi connectivity index (χ0v) is 33.3. The molecule has 0 atom stereocenters. The third-order valence-corrected chi connectivity index (χ3v) is 9.26. The molecule has 270 valence electrons. The van der Waals surface area contributed by atoms with Crippen molar-refractivity contribution in [3.8, 4) is 0 Å². The summed E-state index contributed by atoms with van der Waals surface area (Å²) in [6, 6.07) is 6.51. The molecule has 3 N–H and O–H groups in total. The van der Waals surface area contributed by atoms with Gasteiger partial charge in [0.15, 0.2) is 0 Å². The Morgan fingerprint density at radius 2 is 1.57 bits per heavy atom. The first-order valence-electron chi connectivity index (χ1n) is 19.0. The van der Waals surface area contributed by atoms with Gasteiger partial charge in [0.2, 0.25) is 0 Å². The van der Waals surface area contributed by atoms with E-state index in [1.807, 2.05) is 40.7 Å². The number of hydrogen-bond acceptors (Lipinski definition) is 4. The van der Waals surface area contributed by atoms with Crippen molar-refractivity contribution in [1.29, 1.82) is 5.41 Å². The van der Waals surface area contributed by atoms with Gasteiger partial charge in [-0.3, -0.25) is 0 Å². The highest BCUT2D eigenvalue weighted by Gasteiger charge is 2.20. The minimum absolute atomic E-state index is 0.611. The maximum Gasteiger partial charge on any atom is 0.123 e. The zero-order valence-electron chi connectivity index (χ0n) is 33.3. The van der Waals surface area contributed by atoms with Crippen LogP contribution in [0.3, 0.4) is 0 Å². The average Bonchev–Trinajstić information content (AvgIpc) is 3.63. The Hall–Kier alpha value is -3.50. The summed E-state index contributed by atoms with van der Waals surface area (Å²) >= 11 is 0. The zero-order chi connectivity index (χ0) is 36.9. The van der Waals surface area contributed by atoms with Crippen molar-refractivity contribution in [2.24, 2.45) is 10.9 Å². The number of rotatable bonds is 10. The molecule has 3 aliphatic rings. The third kappa shape index (κ3) is 14.5. The lowest BCUT2D eigenvalue weighted by Crippen LogP contribution is -2.21. The van der Waals surface area contributed by atoms with Crippen molar-refractivity contribution < 1.29 is 0 Å². The number of nitrogens with zero attached hydrogens (tertiary/aromatic N) is 1. The fourth-order valence-corrected chi connectivity index (χ4v) is 6.32. The molecule has 0 unspecified atom stereocenters. The first kappa shape index (κ1) is 43.5. The van der Waals surface area contributed by atoms with E-state index < -0.39 is 0 Å².